The Balaban J connectivity index is 2.86. The van der Waals surface area contributed by atoms with Gasteiger partial charge in [-0.3, -0.25) is 0 Å². The molecule has 0 saturated heterocycles. The van der Waals surface area contributed by atoms with Gasteiger partial charge in [0, 0.05) is 0 Å². The van der Waals surface area contributed by atoms with Crippen LogP contribution < -0.4 is 5.06 Å². The van der Waals surface area contributed by atoms with Gasteiger partial charge in [0.25, 0.3) is 0 Å². The van der Waals surface area contributed by atoms with E-state index in [9.17, 15) is 5.21 Å². The molecule has 0 aromatic heterocycles. The maximum absolute atomic E-state index is 10.6. The first-order valence-electron chi connectivity index (χ1n) is 3.33. The highest BCUT2D eigenvalue weighted by Gasteiger charge is 1.88. The second-order valence-corrected chi connectivity index (χ2v) is 2.00. The van der Waals surface area contributed by atoms with E-state index in [4.69, 9.17) is 0 Å². The van der Waals surface area contributed by atoms with Crippen molar-refractivity contribution in [1.29, 1.82) is 0 Å². The maximum Gasteiger partial charge on any atom is 0.0768 e. The average molecular weight is 117 g/mol. The fourth-order valence-electron chi connectivity index (χ4n) is 0.551. The molecule has 0 fully saturated rings. The molecule has 50 valence electrons. The molecule has 2 nitrogen and oxygen atoms in total. The van der Waals surface area contributed by atoms with Crippen molar-refractivity contribution in [3.05, 3.63) is 5.21 Å². The lowest BCUT2D eigenvalue weighted by Crippen LogP contribution is -3.06. The third-order valence-electron chi connectivity index (χ3n) is 1.20. The molecule has 2 heteroatoms. The molecule has 1 atom stereocenters. The summed E-state index contributed by atoms with van der Waals surface area (Å²) in [6.07, 6.45) is 2.19. The first-order chi connectivity index (χ1) is 3.81. The van der Waals surface area contributed by atoms with Crippen molar-refractivity contribution in [3.63, 3.8) is 0 Å². The van der Waals surface area contributed by atoms with Gasteiger partial charge in [-0.25, -0.2) is 0 Å². The highest BCUT2D eigenvalue weighted by Crippen LogP contribution is 1.77. The number of hydroxylamine groups is 2. The van der Waals surface area contributed by atoms with Crippen LogP contribution in [0.5, 0.6) is 0 Å². The molecule has 0 aliphatic heterocycles. The third-order valence-corrected chi connectivity index (χ3v) is 1.20. The topological polar surface area (TPSA) is 27.5 Å². The molecular weight excluding hydrogens is 102 g/mol. The SMILES string of the molecule is CCCC[NH+]([O-])CC. The number of hydrogen-bond donors (Lipinski definition) is 1. The molecule has 0 aromatic rings. The number of nitrogens with one attached hydrogen (secondary N) is 1. The highest BCUT2D eigenvalue weighted by atomic mass is 16.5. The van der Waals surface area contributed by atoms with E-state index in [-0.39, 0.29) is 0 Å². The summed E-state index contributed by atoms with van der Waals surface area (Å²) in [5.41, 5.74) is 0. The van der Waals surface area contributed by atoms with Crippen LogP contribution in [0.1, 0.15) is 26.7 Å². The zero-order chi connectivity index (χ0) is 6.41. The van der Waals surface area contributed by atoms with Crippen molar-refractivity contribution in [2.75, 3.05) is 13.1 Å². The monoisotopic (exact) mass is 117 g/mol. The molecule has 0 saturated carbocycles. The molecular formula is C6H15NO. The van der Waals surface area contributed by atoms with E-state index in [1.807, 2.05) is 6.92 Å². The molecule has 0 heterocycles. The lowest BCUT2D eigenvalue weighted by atomic mass is 10.3. The van der Waals surface area contributed by atoms with Crippen LogP contribution in [0.3, 0.4) is 0 Å². The predicted octanol–water partition coefficient (Wildman–Crippen LogP) is 0.189. The van der Waals surface area contributed by atoms with Crippen LogP contribution >= 0.6 is 0 Å². The van der Waals surface area contributed by atoms with E-state index in [0.29, 0.717) is 11.6 Å². The van der Waals surface area contributed by atoms with Gasteiger partial charge in [-0.05, 0) is 13.3 Å². The Bertz CT molecular complexity index is 47.8. The maximum atomic E-state index is 10.6. The van der Waals surface area contributed by atoms with Gasteiger partial charge in [0.2, 0.25) is 0 Å². The van der Waals surface area contributed by atoms with E-state index in [0.717, 1.165) is 19.4 Å². The van der Waals surface area contributed by atoms with Crippen molar-refractivity contribution in [2.45, 2.75) is 26.7 Å². The standard InChI is InChI=1S/C6H15NO/c1-3-5-6-7(8)4-2/h7H,3-6H2,1-2H3. The zero-order valence-electron chi connectivity index (χ0n) is 5.74. The number of hydrogen-bond acceptors (Lipinski definition) is 1. The first kappa shape index (κ1) is 7.92. The molecule has 0 bridgehead atoms. The van der Waals surface area contributed by atoms with E-state index in [2.05, 4.69) is 6.92 Å². The molecule has 0 aliphatic carbocycles. The fourth-order valence-corrected chi connectivity index (χ4v) is 0.551. The normalized spacial score (nSPS) is 13.9. The minimum absolute atomic E-state index is 0.395. The van der Waals surface area contributed by atoms with Crippen molar-refractivity contribution >= 4 is 0 Å². The Morgan fingerprint density at radius 3 is 2.38 bits per heavy atom. The van der Waals surface area contributed by atoms with Gasteiger partial charge < -0.3 is 10.3 Å². The van der Waals surface area contributed by atoms with Gasteiger partial charge in [0.1, 0.15) is 0 Å². The van der Waals surface area contributed by atoms with E-state index in [1.54, 1.807) is 0 Å². The summed E-state index contributed by atoms with van der Waals surface area (Å²) >= 11 is 0. The second-order valence-electron chi connectivity index (χ2n) is 2.00. The summed E-state index contributed by atoms with van der Waals surface area (Å²) in [5, 5.41) is 11.0. The third kappa shape index (κ3) is 4.09. The molecule has 0 aromatic carbocycles. The number of unbranched alkanes of at least 4 members (excludes halogenated alkanes) is 1. The van der Waals surface area contributed by atoms with Crippen LogP contribution in [0.4, 0.5) is 0 Å². The molecule has 0 rings (SSSR count). The Morgan fingerprint density at radius 1 is 1.38 bits per heavy atom. The smallest absolute Gasteiger partial charge is 0.0768 e. The molecule has 0 radical (unpaired) electrons. The summed E-state index contributed by atoms with van der Waals surface area (Å²) in [7, 11) is 0. The summed E-state index contributed by atoms with van der Waals surface area (Å²) < 4.78 is 0. The molecule has 8 heavy (non-hydrogen) atoms. The zero-order valence-corrected chi connectivity index (χ0v) is 5.74. The molecule has 0 aliphatic rings. The van der Waals surface area contributed by atoms with E-state index < -0.39 is 0 Å². The van der Waals surface area contributed by atoms with E-state index in [1.165, 1.54) is 0 Å². The Labute approximate surface area is 51.1 Å². The van der Waals surface area contributed by atoms with Crippen LogP contribution in [0.2, 0.25) is 0 Å². The largest absolute Gasteiger partial charge is 0.634 e. The van der Waals surface area contributed by atoms with Gasteiger partial charge >= 0.3 is 0 Å². The van der Waals surface area contributed by atoms with E-state index >= 15 is 0 Å². The van der Waals surface area contributed by atoms with Gasteiger partial charge in [-0.2, -0.15) is 0 Å². The molecule has 1 unspecified atom stereocenters. The van der Waals surface area contributed by atoms with Gasteiger partial charge in [-0.1, -0.05) is 13.3 Å². The summed E-state index contributed by atoms with van der Waals surface area (Å²) in [6.45, 7) is 5.51. The van der Waals surface area contributed by atoms with Crippen LogP contribution in [0.15, 0.2) is 0 Å². The number of rotatable bonds is 4. The Morgan fingerprint density at radius 2 is 2.00 bits per heavy atom. The van der Waals surface area contributed by atoms with Crippen molar-refractivity contribution in [2.24, 2.45) is 0 Å². The minimum atomic E-state index is 0.395. The Hall–Kier alpha value is -0.0800. The van der Waals surface area contributed by atoms with Crippen LogP contribution in [-0.2, 0) is 0 Å². The lowest BCUT2D eigenvalue weighted by molar-refractivity contribution is -0.846. The lowest BCUT2D eigenvalue weighted by Gasteiger charge is -2.19. The fraction of sp³-hybridized carbons (Fsp3) is 1.00. The van der Waals surface area contributed by atoms with Crippen LogP contribution in [0, 0.1) is 5.21 Å². The molecule has 1 N–H and O–H groups in total. The van der Waals surface area contributed by atoms with Crippen molar-refractivity contribution < 1.29 is 5.06 Å². The first-order valence-corrected chi connectivity index (χ1v) is 3.33. The van der Waals surface area contributed by atoms with Gasteiger partial charge in [0.05, 0.1) is 13.1 Å². The molecule has 0 amide bonds. The average Bonchev–Trinajstić information content (AvgIpc) is 1.83. The minimum Gasteiger partial charge on any atom is -0.634 e. The molecule has 0 spiro atoms. The Kier molecular flexibility index (Phi) is 5.01. The summed E-state index contributed by atoms with van der Waals surface area (Å²) in [4.78, 5) is 0. The van der Waals surface area contributed by atoms with Crippen LogP contribution in [0.25, 0.3) is 0 Å². The van der Waals surface area contributed by atoms with Crippen LogP contribution in [-0.4, -0.2) is 13.1 Å². The quantitative estimate of drug-likeness (QED) is 0.523. The van der Waals surface area contributed by atoms with Crippen molar-refractivity contribution in [1.82, 2.24) is 0 Å². The highest BCUT2D eigenvalue weighted by molar-refractivity contribution is 4.28. The summed E-state index contributed by atoms with van der Waals surface area (Å²) in [5.74, 6) is 0. The van der Waals surface area contributed by atoms with Gasteiger partial charge in [-0.15, -0.1) is 0 Å². The predicted molar refractivity (Wildman–Crippen MR) is 34.6 cm³/mol. The van der Waals surface area contributed by atoms with Gasteiger partial charge in [0.15, 0.2) is 0 Å². The second kappa shape index (κ2) is 5.06. The summed E-state index contributed by atoms with van der Waals surface area (Å²) in [6, 6.07) is 0. The number of quaternary nitrogens is 1. The van der Waals surface area contributed by atoms with Crippen molar-refractivity contribution in [3.8, 4) is 0 Å².